The van der Waals surface area contributed by atoms with Crippen molar-refractivity contribution in [1.82, 2.24) is 10.2 Å². The number of carbonyl (C=O) groups is 1. The first-order valence-corrected chi connectivity index (χ1v) is 11.8. The third-order valence-corrected chi connectivity index (χ3v) is 7.16. The molecular formula is C27H36N2O2. The van der Waals surface area contributed by atoms with E-state index in [2.05, 4.69) is 72.7 Å². The second-order valence-electron chi connectivity index (χ2n) is 9.33. The monoisotopic (exact) mass is 420 g/mol. The molecule has 1 amide bonds. The van der Waals surface area contributed by atoms with Gasteiger partial charge < -0.3 is 15.0 Å². The molecule has 0 saturated carbocycles. The zero-order valence-electron chi connectivity index (χ0n) is 19.0. The van der Waals surface area contributed by atoms with Crippen LogP contribution in [0.5, 0.6) is 0 Å². The second-order valence-corrected chi connectivity index (χ2v) is 9.33. The molecule has 31 heavy (non-hydrogen) atoms. The molecule has 4 nitrogen and oxygen atoms in total. The van der Waals surface area contributed by atoms with E-state index >= 15 is 0 Å². The summed E-state index contributed by atoms with van der Waals surface area (Å²) >= 11 is 0. The van der Waals surface area contributed by atoms with Crippen LogP contribution in [0.1, 0.15) is 43.7 Å². The number of carbonyl (C=O) groups excluding carboxylic acids is 1. The van der Waals surface area contributed by atoms with E-state index in [0.717, 1.165) is 51.6 Å². The number of nitrogens with one attached hydrogen (secondary N) is 1. The molecular weight excluding hydrogens is 384 g/mol. The number of ether oxygens (including phenoxy) is 1. The van der Waals surface area contributed by atoms with Gasteiger partial charge in [0.05, 0.1) is 5.41 Å². The average Bonchev–Trinajstić information content (AvgIpc) is 2.81. The Morgan fingerprint density at radius 2 is 1.84 bits per heavy atom. The van der Waals surface area contributed by atoms with Crippen LogP contribution in [0.4, 0.5) is 0 Å². The van der Waals surface area contributed by atoms with E-state index in [1.807, 2.05) is 0 Å². The zero-order chi connectivity index (χ0) is 21.7. The van der Waals surface area contributed by atoms with Crippen molar-refractivity contribution < 1.29 is 9.53 Å². The van der Waals surface area contributed by atoms with Gasteiger partial charge in [0, 0.05) is 19.3 Å². The normalized spacial score (nSPS) is 19.8. The number of rotatable bonds is 6. The predicted molar refractivity (Wildman–Crippen MR) is 126 cm³/mol. The molecule has 2 aliphatic heterocycles. The number of likely N-dealkylation sites (tertiary alicyclic amines) is 1. The Morgan fingerprint density at radius 3 is 2.58 bits per heavy atom. The van der Waals surface area contributed by atoms with Gasteiger partial charge in [0.1, 0.15) is 0 Å². The van der Waals surface area contributed by atoms with E-state index in [9.17, 15) is 4.79 Å². The number of nitrogens with zero attached hydrogens (tertiary/aromatic N) is 1. The van der Waals surface area contributed by atoms with Crippen molar-refractivity contribution in [2.45, 2.75) is 51.5 Å². The van der Waals surface area contributed by atoms with Gasteiger partial charge in [-0.2, -0.15) is 0 Å². The Labute approximate surface area is 187 Å². The Kier molecular flexibility index (Phi) is 7.09. The van der Waals surface area contributed by atoms with Gasteiger partial charge >= 0.3 is 0 Å². The molecule has 0 atom stereocenters. The van der Waals surface area contributed by atoms with E-state index in [-0.39, 0.29) is 11.3 Å². The van der Waals surface area contributed by atoms with Crippen LogP contribution >= 0.6 is 0 Å². The Hall–Kier alpha value is -2.17. The third-order valence-electron chi connectivity index (χ3n) is 7.16. The number of piperidine rings is 1. The molecule has 0 unspecified atom stereocenters. The minimum atomic E-state index is -0.371. The molecule has 1 N–H and O–H groups in total. The summed E-state index contributed by atoms with van der Waals surface area (Å²) in [5.41, 5.74) is 4.77. The van der Waals surface area contributed by atoms with E-state index in [1.54, 1.807) is 0 Å². The van der Waals surface area contributed by atoms with Crippen LogP contribution in [0.3, 0.4) is 0 Å². The fourth-order valence-electron chi connectivity index (χ4n) is 5.09. The largest absolute Gasteiger partial charge is 0.381 e. The van der Waals surface area contributed by atoms with Crippen molar-refractivity contribution in [3.05, 3.63) is 59.7 Å². The zero-order valence-corrected chi connectivity index (χ0v) is 19.0. The van der Waals surface area contributed by atoms with E-state index < -0.39 is 0 Å². The van der Waals surface area contributed by atoms with Crippen molar-refractivity contribution >= 4 is 5.91 Å². The molecule has 0 aliphatic carbocycles. The smallest absolute Gasteiger partial charge is 0.226 e. The van der Waals surface area contributed by atoms with Gasteiger partial charge in [-0.15, -0.1) is 0 Å². The van der Waals surface area contributed by atoms with Crippen molar-refractivity contribution in [2.24, 2.45) is 5.41 Å². The van der Waals surface area contributed by atoms with Crippen LogP contribution < -0.4 is 5.32 Å². The molecule has 0 aromatic heterocycles. The van der Waals surface area contributed by atoms with Gasteiger partial charge in [-0.3, -0.25) is 4.79 Å². The maximum Gasteiger partial charge on any atom is 0.226 e. The van der Waals surface area contributed by atoms with Crippen molar-refractivity contribution in [3.63, 3.8) is 0 Å². The highest BCUT2D eigenvalue weighted by molar-refractivity contribution is 5.83. The quantitative estimate of drug-likeness (QED) is 0.750. The Balaban J connectivity index is 1.55. The summed E-state index contributed by atoms with van der Waals surface area (Å²) in [5, 5.41) is 3.41. The van der Waals surface area contributed by atoms with Gasteiger partial charge in [0.2, 0.25) is 5.91 Å². The summed E-state index contributed by atoms with van der Waals surface area (Å²) in [4.78, 5) is 15.9. The highest BCUT2D eigenvalue weighted by Crippen LogP contribution is 2.36. The van der Waals surface area contributed by atoms with Gasteiger partial charge in [-0.05, 0) is 80.9 Å². The molecule has 166 valence electrons. The summed E-state index contributed by atoms with van der Waals surface area (Å²) in [6.45, 7) is 5.64. The highest BCUT2D eigenvalue weighted by atomic mass is 16.5. The summed E-state index contributed by atoms with van der Waals surface area (Å²) in [5.74, 6) is 0.227. The molecule has 0 radical (unpaired) electrons. The number of benzene rings is 2. The second kappa shape index (κ2) is 9.97. The van der Waals surface area contributed by atoms with E-state index in [4.69, 9.17) is 4.74 Å². The summed E-state index contributed by atoms with van der Waals surface area (Å²) in [7, 11) is 2.15. The maximum atomic E-state index is 13.5. The fourth-order valence-corrected chi connectivity index (χ4v) is 5.09. The Morgan fingerprint density at radius 1 is 1.10 bits per heavy atom. The molecule has 2 aromatic rings. The fraction of sp³-hybridized carbons (Fsp3) is 0.519. The first-order chi connectivity index (χ1) is 15.1. The lowest BCUT2D eigenvalue weighted by Gasteiger charge is -2.38. The summed E-state index contributed by atoms with van der Waals surface area (Å²) in [6.07, 6.45) is 5.45. The first kappa shape index (κ1) is 22.0. The molecule has 4 rings (SSSR count). The standard InChI is InChI=1S/C27H36N2O2/c1-3-22-8-4-5-10-25(22)23-9-6-7-21(19-23)20-27(13-17-31-18-14-27)26(30)28-24-11-15-29(2)16-12-24/h4-10,19,24H,3,11-18,20H2,1-2H3,(H,28,30). The average molecular weight is 421 g/mol. The van der Waals surface area contributed by atoms with Crippen LogP contribution in [-0.4, -0.2) is 50.2 Å². The minimum absolute atomic E-state index is 0.227. The lowest BCUT2D eigenvalue weighted by Crippen LogP contribution is -2.51. The molecule has 2 aliphatic rings. The summed E-state index contributed by atoms with van der Waals surface area (Å²) in [6, 6.07) is 17.7. The lowest BCUT2D eigenvalue weighted by molar-refractivity contribution is -0.137. The SMILES string of the molecule is CCc1ccccc1-c1cccc(CC2(C(=O)NC3CCN(C)CC3)CCOCC2)c1. The highest BCUT2D eigenvalue weighted by Gasteiger charge is 2.41. The van der Waals surface area contributed by atoms with Gasteiger partial charge in [-0.1, -0.05) is 55.5 Å². The third kappa shape index (κ3) is 5.19. The number of hydrogen-bond acceptors (Lipinski definition) is 3. The molecule has 2 fully saturated rings. The number of hydrogen-bond donors (Lipinski definition) is 1. The van der Waals surface area contributed by atoms with Crippen LogP contribution in [0, 0.1) is 5.41 Å². The van der Waals surface area contributed by atoms with Gasteiger partial charge in [0.15, 0.2) is 0 Å². The van der Waals surface area contributed by atoms with Gasteiger partial charge in [-0.25, -0.2) is 0 Å². The maximum absolute atomic E-state index is 13.5. The molecule has 4 heteroatoms. The molecule has 2 aromatic carbocycles. The van der Waals surface area contributed by atoms with E-state index in [1.165, 1.54) is 22.3 Å². The molecule has 2 heterocycles. The molecule has 2 saturated heterocycles. The Bertz CT molecular complexity index is 880. The summed E-state index contributed by atoms with van der Waals surface area (Å²) < 4.78 is 5.65. The van der Waals surface area contributed by atoms with Crippen LogP contribution in [0.25, 0.3) is 11.1 Å². The van der Waals surface area contributed by atoms with Crippen molar-refractivity contribution in [2.75, 3.05) is 33.4 Å². The van der Waals surface area contributed by atoms with Crippen LogP contribution in [0.2, 0.25) is 0 Å². The topological polar surface area (TPSA) is 41.6 Å². The number of amides is 1. The van der Waals surface area contributed by atoms with Crippen LogP contribution in [0.15, 0.2) is 48.5 Å². The minimum Gasteiger partial charge on any atom is -0.381 e. The van der Waals surface area contributed by atoms with Crippen molar-refractivity contribution in [3.8, 4) is 11.1 Å². The van der Waals surface area contributed by atoms with Gasteiger partial charge in [0.25, 0.3) is 0 Å². The molecule has 0 bridgehead atoms. The first-order valence-electron chi connectivity index (χ1n) is 11.8. The lowest BCUT2D eigenvalue weighted by atomic mass is 9.74. The predicted octanol–water partition coefficient (Wildman–Crippen LogP) is 4.47. The van der Waals surface area contributed by atoms with Crippen molar-refractivity contribution in [1.29, 1.82) is 0 Å². The molecule has 0 spiro atoms. The van der Waals surface area contributed by atoms with E-state index in [0.29, 0.717) is 19.3 Å². The van der Waals surface area contributed by atoms with Crippen LogP contribution in [-0.2, 0) is 22.4 Å². The number of aryl methyl sites for hydroxylation is 1.